The molecular weight excluding hydrogens is 379 g/mol. The summed E-state index contributed by atoms with van der Waals surface area (Å²) in [6, 6.07) is 16.7. The molecule has 1 aromatic heterocycles. The molecule has 0 spiro atoms. The lowest BCUT2D eigenvalue weighted by atomic mass is 10.00. The Balaban J connectivity index is 1.83. The van der Waals surface area contributed by atoms with Crippen LogP contribution < -0.4 is 5.32 Å². The van der Waals surface area contributed by atoms with Crippen molar-refractivity contribution in [3.05, 3.63) is 94.5 Å². The number of oxime groups is 1. The maximum atomic E-state index is 14.5. The molecule has 0 saturated heterocycles. The number of hydrogen-bond donors (Lipinski definition) is 2. The predicted molar refractivity (Wildman–Crippen MR) is 108 cm³/mol. The molecule has 2 aromatic carbocycles. The van der Waals surface area contributed by atoms with Gasteiger partial charge in [-0.15, -0.1) is 0 Å². The Labute approximate surface area is 166 Å². The average Bonchev–Trinajstić information content (AvgIpc) is 2.89. The molecule has 0 amide bonds. The first kappa shape index (κ1) is 18.1. The number of nitrogens with one attached hydrogen (secondary N) is 1. The van der Waals surface area contributed by atoms with Crippen molar-refractivity contribution < 1.29 is 9.60 Å². The molecular formula is C21H16ClFN4O. The normalized spacial score (nSPS) is 16.6. The minimum Gasteiger partial charge on any atom is -0.411 e. The van der Waals surface area contributed by atoms with E-state index in [2.05, 4.69) is 20.4 Å². The van der Waals surface area contributed by atoms with Gasteiger partial charge in [-0.1, -0.05) is 35.0 Å². The van der Waals surface area contributed by atoms with Gasteiger partial charge in [-0.05, 0) is 42.5 Å². The maximum Gasteiger partial charge on any atom is 0.132 e. The van der Waals surface area contributed by atoms with E-state index in [0.717, 1.165) is 0 Å². The molecule has 5 nitrogen and oxygen atoms in total. The van der Waals surface area contributed by atoms with Crippen molar-refractivity contribution in [3.63, 3.8) is 0 Å². The van der Waals surface area contributed by atoms with E-state index in [1.165, 1.54) is 6.07 Å². The Morgan fingerprint density at radius 3 is 2.68 bits per heavy atom. The molecule has 140 valence electrons. The molecule has 0 radical (unpaired) electrons. The van der Waals surface area contributed by atoms with Gasteiger partial charge in [0.05, 0.1) is 24.0 Å². The molecule has 4 rings (SSSR count). The number of benzodiazepines with no additional fused rings is 1. The van der Waals surface area contributed by atoms with Crippen molar-refractivity contribution in [3.8, 4) is 0 Å². The molecule has 3 aromatic rings. The highest BCUT2D eigenvalue weighted by Crippen LogP contribution is 2.28. The van der Waals surface area contributed by atoms with Crippen LogP contribution in [0.1, 0.15) is 16.8 Å². The SMILES string of the molecule is O/N=C(/c1ccccn1)C1CN=C(c2ccccc2F)c2cc(Cl)ccc2N1. The summed E-state index contributed by atoms with van der Waals surface area (Å²) in [5.41, 5.74) is 3.14. The molecule has 1 atom stereocenters. The van der Waals surface area contributed by atoms with Crippen LogP contribution in [0.25, 0.3) is 0 Å². The van der Waals surface area contributed by atoms with Gasteiger partial charge in [0.1, 0.15) is 11.5 Å². The van der Waals surface area contributed by atoms with Gasteiger partial charge < -0.3 is 10.5 Å². The number of fused-ring (bicyclic) bond motifs is 1. The third-order valence-electron chi connectivity index (χ3n) is 4.49. The molecule has 1 aliphatic rings. The van der Waals surface area contributed by atoms with Crippen LogP contribution in [0.15, 0.2) is 77.0 Å². The molecule has 0 saturated carbocycles. The molecule has 0 bridgehead atoms. The van der Waals surface area contributed by atoms with Crippen molar-refractivity contribution in [1.82, 2.24) is 4.98 Å². The number of rotatable bonds is 3. The standard InChI is InChI=1S/C21H16ClFN4O/c22-13-8-9-17-15(11-13)20(14-5-1-2-6-16(14)23)25-12-19(26-17)21(27-28)18-7-3-4-10-24-18/h1-11,19,26,28H,12H2/b27-21-. The van der Waals surface area contributed by atoms with Crippen LogP contribution in [0.3, 0.4) is 0 Å². The molecule has 0 aliphatic carbocycles. The van der Waals surface area contributed by atoms with Gasteiger partial charge >= 0.3 is 0 Å². The average molecular weight is 395 g/mol. The van der Waals surface area contributed by atoms with Crippen LogP contribution in [-0.2, 0) is 0 Å². The summed E-state index contributed by atoms with van der Waals surface area (Å²) in [6.07, 6.45) is 1.62. The summed E-state index contributed by atoms with van der Waals surface area (Å²) in [4.78, 5) is 8.91. The van der Waals surface area contributed by atoms with Gasteiger partial charge in [-0.2, -0.15) is 0 Å². The molecule has 2 heterocycles. The van der Waals surface area contributed by atoms with Gasteiger partial charge in [0.2, 0.25) is 0 Å². The lowest BCUT2D eigenvalue weighted by Gasteiger charge is -2.18. The van der Waals surface area contributed by atoms with Gasteiger partial charge in [0.25, 0.3) is 0 Å². The van der Waals surface area contributed by atoms with Crippen LogP contribution in [0.4, 0.5) is 10.1 Å². The summed E-state index contributed by atoms with van der Waals surface area (Å²) in [7, 11) is 0. The Kier molecular flexibility index (Phi) is 5.04. The number of aliphatic imine (C=N–C) groups is 1. The van der Waals surface area contributed by atoms with Gasteiger partial charge in [-0.25, -0.2) is 4.39 Å². The highest BCUT2D eigenvalue weighted by atomic mass is 35.5. The van der Waals surface area contributed by atoms with Crippen LogP contribution in [-0.4, -0.2) is 34.2 Å². The lowest BCUT2D eigenvalue weighted by molar-refractivity contribution is 0.317. The molecule has 1 unspecified atom stereocenters. The van der Waals surface area contributed by atoms with E-state index in [-0.39, 0.29) is 12.4 Å². The zero-order valence-corrected chi connectivity index (χ0v) is 15.4. The summed E-state index contributed by atoms with van der Waals surface area (Å²) in [5.74, 6) is -0.369. The molecule has 28 heavy (non-hydrogen) atoms. The second-order valence-corrected chi connectivity index (χ2v) is 6.69. The number of pyridine rings is 1. The summed E-state index contributed by atoms with van der Waals surface area (Å²) in [6.45, 7) is 0.228. The Morgan fingerprint density at radius 1 is 1.11 bits per heavy atom. The first-order valence-corrected chi connectivity index (χ1v) is 9.04. The number of nitrogens with zero attached hydrogens (tertiary/aromatic N) is 3. The summed E-state index contributed by atoms with van der Waals surface area (Å²) in [5, 5.41) is 16.9. The van der Waals surface area contributed by atoms with Crippen molar-refractivity contribution in [2.24, 2.45) is 10.1 Å². The third kappa shape index (κ3) is 3.46. The number of anilines is 1. The van der Waals surface area contributed by atoms with E-state index >= 15 is 0 Å². The summed E-state index contributed by atoms with van der Waals surface area (Å²) >= 11 is 6.19. The van der Waals surface area contributed by atoms with E-state index in [1.807, 2.05) is 6.07 Å². The smallest absolute Gasteiger partial charge is 0.132 e. The van der Waals surface area contributed by atoms with Crippen LogP contribution >= 0.6 is 11.6 Å². The minimum atomic E-state index is -0.455. The van der Waals surface area contributed by atoms with Crippen LogP contribution in [0.5, 0.6) is 0 Å². The summed E-state index contributed by atoms with van der Waals surface area (Å²) < 4.78 is 14.5. The van der Waals surface area contributed by atoms with Crippen molar-refractivity contribution >= 4 is 28.7 Å². The van der Waals surface area contributed by atoms with E-state index in [0.29, 0.717) is 39.0 Å². The van der Waals surface area contributed by atoms with Gasteiger partial charge in [0.15, 0.2) is 0 Å². The number of benzene rings is 2. The van der Waals surface area contributed by atoms with E-state index in [4.69, 9.17) is 11.6 Å². The second-order valence-electron chi connectivity index (χ2n) is 6.26. The first-order chi connectivity index (χ1) is 13.7. The van der Waals surface area contributed by atoms with Gasteiger partial charge in [-0.3, -0.25) is 9.98 Å². The van der Waals surface area contributed by atoms with Crippen molar-refractivity contribution in [2.45, 2.75) is 6.04 Å². The quantitative estimate of drug-likeness (QED) is 0.393. The van der Waals surface area contributed by atoms with E-state index in [1.54, 1.807) is 54.7 Å². The zero-order valence-electron chi connectivity index (χ0n) is 14.7. The molecule has 1 aliphatic heterocycles. The highest BCUT2D eigenvalue weighted by molar-refractivity contribution is 6.31. The first-order valence-electron chi connectivity index (χ1n) is 8.66. The second kappa shape index (κ2) is 7.78. The van der Waals surface area contributed by atoms with Gasteiger partial charge in [0, 0.05) is 28.0 Å². The largest absolute Gasteiger partial charge is 0.411 e. The molecule has 0 fully saturated rings. The number of aromatic nitrogens is 1. The fourth-order valence-electron chi connectivity index (χ4n) is 3.19. The maximum absolute atomic E-state index is 14.5. The monoisotopic (exact) mass is 394 g/mol. The Morgan fingerprint density at radius 2 is 1.93 bits per heavy atom. The highest BCUT2D eigenvalue weighted by Gasteiger charge is 2.26. The Hall–Kier alpha value is -3.25. The molecule has 2 N–H and O–H groups in total. The van der Waals surface area contributed by atoms with E-state index < -0.39 is 6.04 Å². The fourth-order valence-corrected chi connectivity index (χ4v) is 3.36. The zero-order chi connectivity index (χ0) is 19.5. The Bertz CT molecular complexity index is 1070. The van der Waals surface area contributed by atoms with Crippen LogP contribution in [0, 0.1) is 5.82 Å². The number of hydrogen-bond acceptors (Lipinski definition) is 5. The van der Waals surface area contributed by atoms with E-state index in [9.17, 15) is 9.60 Å². The number of halogens is 2. The predicted octanol–water partition coefficient (Wildman–Crippen LogP) is 4.38. The minimum absolute atomic E-state index is 0.228. The van der Waals surface area contributed by atoms with Crippen molar-refractivity contribution in [1.29, 1.82) is 0 Å². The third-order valence-corrected chi connectivity index (χ3v) is 4.73. The topological polar surface area (TPSA) is 69.9 Å². The van der Waals surface area contributed by atoms with Crippen LogP contribution in [0.2, 0.25) is 5.02 Å². The fraction of sp³-hybridized carbons (Fsp3) is 0.0952. The van der Waals surface area contributed by atoms with Crippen molar-refractivity contribution in [2.75, 3.05) is 11.9 Å². The lowest BCUT2D eigenvalue weighted by Crippen LogP contribution is -2.33. The molecule has 7 heteroatoms.